The quantitative estimate of drug-likeness (QED) is 0.902. The molecule has 0 heterocycles. The molecule has 108 valence electrons. The molecule has 0 saturated heterocycles. The molecule has 3 nitrogen and oxygen atoms in total. The predicted molar refractivity (Wildman–Crippen MR) is 81.2 cm³/mol. The van der Waals surface area contributed by atoms with Crippen molar-refractivity contribution < 1.29 is 9.13 Å². The Hall–Kier alpha value is -2.25. The summed E-state index contributed by atoms with van der Waals surface area (Å²) in [4.78, 5) is 0. The molecule has 0 spiro atoms. The molecule has 1 N–H and O–H groups in total. The van der Waals surface area contributed by atoms with E-state index in [4.69, 9.17) is 21.6 Å². The van der Waals surface area contributed by atoms with Crippen LogP contribution < -0.4 is 10.1 Å². The Bertz CT molecular complexity index is 697. The Morgan fingerprint density at radius 1 is 1.29 bits per heavy atom. The van der Waals surface area contributed by atoms with Crippen molar-refractivity contribution in [1.29, 1.82) is 5.26 Å². The molecule has 21 heavy (non-hydrogen) atoms. The van der Waals surface area contributed by atoms with Gasteiger partial charge in [-0.15, -0.1) is 0 Å². The lowest BCUT2D eigenvalue weighted by molar-refractivity contribution is 0.386. The minimum Gasteiger partial charge on any atom is -0.494 e. The number of hydrogen-bond acceptors (Lipinski definition) is 3. The van der Waals surface area contributed by atoms with Crippen molar-refractivity contribution in [3.8, 4) is 11.8 Å². The molecule has 2 aromatic carbocycles. The van der Waals surface area contributed by atoms with Gasteiger partial charge in [-0.1, -0.05) is 17.7 Å². The number of nitrogens with one attached hydrogen (secondary N) is 1. The molecular formula is C16H14ClFN2O. The van der Waals surface area contributed by atoms with Crippen LogP contribution in [0.3, 0.4) is 0 Å². The van der Waals surface area contributed by atoms with Crippen LogP contribution in [0.4, 0.5) is 10.1 Å². The number of benzene rings is 2. The number of methoxy groups -OCH3 is 1. The van der Waals surface area contributed by atoms with Crippen molar-refractivity contribution in [1.82, 2.24) is 0 Å². The number of halogens is 2. The SMILES string of the molecule is COc1ccc(C(C)Nc2ccc(C#N)cc2Cl)cc1F. The first-order valence-corrected chi connectivity index (χ1v) is 6.72. The molecule has 0 saturated carbocycles. The first-order valence-electron chi connectivity index (χ1n) is 6.34. The third-order valence-electron chi connectivity index (χ3n) is 3.15. The molecular weight excluding hydrogens is 291 g/mol. The Balaban J connectivity index is 2.20. The van der Waals surface area contributed by atoms with E-state index in [-0.39, 0.29) is 11.8 Å². The molecule has 0 aliphatic carbocycles. The first-order chi connectivity index (χ1) is 10.0. The molecule has 1 atom stereocenters. The topological polar surface area (TPSA) is 45.0 Å². The zero-order valence-electron chi connectivity index (χ0n) is 11.7. The van der Waals surface area contributed by atoms with Crippen LogP contribution in [0.15, 0.2) is 36.4 Å². The van der Waals surface area contributed by atoms with E-state index in [0.717, 1.165) is 5.56 Å². The van der Waals surface area contributed by atoms with Crippen molar-refractivity contribution in [3.63, 3.8) is 0 Å². The maximum absolute atomic E-state index is 13.7. The molecule has 0 radical (unpaired) electrons. The summed E-state index contributed by atoms with van der Waals surface area (Å²) >= 11 is 6.11. The van der Waals surface area contributed by atoms with Crippen LogP contribution in [0.2, 0.25) is 5.02 Å². The van der Waals surface area contributed by atoms with Crippen LogP contribution in [0.25, 0.3) is 0 Å². The van der Waals surface area contributed by atoms with Gasteiger partial charge in [0.2, 0.25) is 0 Å². The number of nitrogens with zero attached hydrogens (tertiary/aromatic N) is 1. The molecule has 2 rings (SSSR count). The Morgan fingerprint density at radius 3 is 2.62 bits per heavy atom. The smallest absolute Gasteiger partial charge is 0.165 e. The second kappa shape index (κ2) is 6.47. The van der Waals surface area contributed by atoms with Gasteiger partial charge in [0.25, 0.3) is 0 Å². The maximum atomic E-state index is 13.7. The van der Waals surface area contributed by atoms with Gasteiger partial charge in [-0.2, -0.15) is 5.26 Å². The van der Waals surface area contributed by atoms with Gasteiger partial charge in [-0.25, -0.2) is 4.39 Å². The van der Waals surface area contributed by atoms with Crippen molar-refractivity contribution in [2.45, 2.75) is 13.0 Å². The van der Waals surface area contributed by atoms with Crippen molar-refractivity contribution >= 4 is 17.3 Å². The van der Waals surface area contributed by atoms with E-state index in [1.807, 2.05) is 13.0 Å². The summed E-state index contributed by atoms with van der Waals surface area (Å²) in [6.45, 7) is 1.90. The number of rotatable bonds is 4. The average molecular weight is 305 g/mol. The van der Waals surface area contributed by atoms with Crippen LogP contribution in [0.5, 0.6) is 5.75 Å². The number of ether oxygens (including phenoxy) is 1. The zero-order valence-corrected chi connectivity index (χ0v) is 12.4. The summed E-state index contributed by atoms with van der Waals surface area (Å²) in [6.07, 6.45) is 0. The number of nitriles is 1. The van der Waals surface area contributed by atoms with Gasteiger partial charge in [-0.05, 0) is 42.8 Å². The summed E-state index contributed by atoms with van der Waals surface area (Å²) in [5.41, 5.74) is 1.96. The van der Waals surface area contributed by atoms with Crippen molar-refractivity contribution in [2.75, 3.05) is 12.4 Å². The van der Waals surface area contributed by atoms with Crippen molar-refractivity contribution in [3.05, 3.63) is 58.4 Å². The van der Waals surface area contributed by atoms with E-state index in [1.54, 1.807) is 30.3 Å². The van der Waals surface area contributed by atoms with Gasteiger partial charge in [0.15, 0.2) is 11.6 Å². The fourth-order valence-electron chi connectivity index (χ4n) is 1.97. The van der Waals surface area contributed by atoms with Gasteiger partial charge >= 0.3 is 0 Å². The van der Waals surface area contributed by atoms with Gasteiger partial charge in [0, 0.05) is 6.04 Å². The maximum Gasteiger partial charge on any atom is 0.165 e. The fraction of sp³-hybridized carbons (Fsp3) is 0.188. The minimum atomic E-state index is -0.408. The normalized spacial score (nSPS) is 11.6. The van der Waals surface area contributed by atoms with E-state index in [2.05, 4.69) is 5.32 Å². The Morgan fingerprint density at radius 2 is 2.05 bits per heavy atom. The molecule has 0 amide bonds. The van der Waals surface area contributed by atoms with Crippen LogP contribution in [0, 0.1) is 17.1 Å². The largest absolute Gasteiger partial charge is 0.494 e. The molecule has 0 fully saturated rings. The second-order valence-corrected chi connectivity index (χ2v) is 4.97. The first kappa shape index (κ1) is 15.1. The summed E-state index contributed by atoms with van der Waals surface area (Å²) in [7, 11) is 1.43. The van der Waals surface area contributed by atoms with E-state index < -0.39 is 5.82 Å². The standard InChI is InChI=1S/C16H14ClFN2O/c1-10(12-4-6-16(21-2)14(18)8-12)20-15-5-3-11(9-19)7-13(15)17/h3-8,10,20H,1-2H3. The zero-order chi connectivity index (χ0) is 15.4. The van der Waals surface area contributed by atoms with E-state index in [1.165, 1.54) is 13.2 Å². The van der Waals surface area contributed by atoms with E-state index in [9.17, 15) is 4.39 Å². The van der Waals surface area contributed by atoms with Crippen molar-refractivity contribution in [2.24, 2.45) is 0 Å². The molecule has 2 aromatic rings. The van der Waals surface area contributed by atoms with Crippen LogP contribution in [-0.4, -0.2) is 7.11 Å². The Kier molecular flexibility index (Phi) is 4.66. The highest BCUT2D eigenvalue weighted by Crippen LogP contribution is 2.28. The van der Waals surface area contributed by atoms with Gasteiger partial charge in [-0.3, -0.25) is 0 Å². The highest BCUT2D eigenvalue weighted by atomic mass is 35.5. The van der Waals surface area contributed by atoms with Crippen LogP contribution in [-0.2, 0) is 0 Å². The lowest BCUT2D eigenvalue weighted by Crippen LogP contribution is -2.07. The summed E-state index contributed by atoms with van der Waals surface area (Å²) in [5.74, 6) is -0.197. The minimum absolute atomic E-state index is 0.143. The third kappa shape index (κ3) is 3.45. The summed E-state index contributed by atoms with van der Waals surface area (Å²) < 4.78 is 18.6. The molecule has 0 bridgehead atoms. The Labute approximate surface area is 127 Å². The third-order valence-corrected chi connectivity index (χ3v) is 3.46. The highest BCUT2D eigenvalue weighted by molar-refractivity contribution is 6.33. The lowest BCUT2D eigenvalue weighted by Gasteiger charge is -2.17. The lowest BCUT2D eigenvalue weighted by atomic mass is 10.1. The van der Waals surface area contributed by atoms with Crippen LogP contribution >= 0.6 is 11.6 Å². The molecule has 1 unspecified atom stereocenters. The van der Waals surface area contributed by atoms with E-state index in [0.29, 0.717) is 16.3 Å². The predicted octanol–water partition coefficient (Wildman–Crippen LogP) is 4.53. The van der Waals surface area contributed by atoms with Gasteiger partial charge in [0.05, 0.1) is 29.5 Å². The monoisotopic (exact) mass is 304 g/mol. The average Bonchev–Trinajstić information content (AvgIpc) is 2.49. The molecule has 0 aliphatic rings. The second-order valence-electron chi connectivity index (χ2n) is 4.57. The number of hydrogen-bond donors (Lipinski definition) is 1. The van der Waals surface area contributed by atoms with Gasteiger partial charge in [0.1, 0.15) is 0 Å². The fourth-order valence-corrected chi connectivity index (χ4v) is 2.21. The summed E-state index contributed by atoms with van der Waals surface area (Å²) in [5, 5.41) is 12.5. The number of anilines is 1. The van der Waals surface area contributed by atoms with Crippen LogP contribution in [0.1, 0.15) is 24.1 Å². The van der Waals surface area contributed by atoms with E-state index >= 15 is 0 Å². The highest BCUT2D eigenvalue weighted by Gasteiger charge is 2.11. The molecule has 0 aromatic heterocycles. The van der Waals surface area contributed by atoms with Gasteiger partial charge < -0.3 is 10.1 Å². The molecule has 5 heteroatoms. The molecule has 0 aliphatic heterocycles. The summed E-state index contributed by atoms with van der Waals surface area (Å²) in [6, 6.07) is 11.7.